The van der Waals surface area contributed by atoms with E-state index in [2.05, 4.69) is 5.32 Å². The van der Waals surface area contributed by atoms with Crippen LogP contribution in [-0.4, -0.2) is 49.7 Å². The third kappa shape index (κ3) is 4.17. The molecule has 1 aliphatic rings. The molecule has 1 saturated heterocycles. The largest absolute Gasteiger partial charge is 0.341 e. The van der Waals surface area contributed by atoms with Gasteiger partial charge < -0.3 is 10.2 Å². The van der Waals surface area contributed by atoms with E-state index in [1.54, 1.807) is 18.2 Å². The Bertz CT molecular complexity index is 840. The average molecular weight is 363 g/mol. The lowest BCUT2D eigenvalue weighted by Gasteiger charge is -2.31. The highest BCUT2D eigenvalue weighted by Crippen LogP contribution is 2.25. The van der Waals surface area contributed by atoms with Crippen molar-refractivity contribution in [3.05, 3.63) is 29.8 Å². The second kappa shape index (κ2) is 6.84. The highest BCUT2D eigenvalue weighted by molar-refractivity contribution is 7.91. The molecule has 8 heteroatoms. The zero-order valence-electron chi connectivity index (χ0n) is 14.4. The monoisotopic (exact) mass is 363 g/mol. The molecule has 1 aliphatic heterocycles. The van der Waals surface area contributed by atoms with Crippen LogP contribution in [0.1, 0.15) is 25.8 Å². The van der Waals surface area contributed by atoms with Gasteiger partial charge in [0.25, 0.3) is 0 Å². The molecule has 1 atom stereocenters. The van der Waals surface area contributed by atoms with Gasteiger partial charge in [-0.1, -0.05) is 6.07 Å². The number of carbonyl (C=O) groups is 2. The van der Waals surface area contributed by atoms with Crippen molar-refractivity contribution in [3.63, 3.8) is 0 Å². The summed E-state index contributed by atoms with van der Waals surface area (Å²) in [5.74, 6) is -0.969. The van der Waals surface area contributed by atoms with Crippen LogP contribution in [0.3, 0.4) is 0 Å². The molecule has 1 N–H and O–H groups in total. The Balaban J connectivity index is 2.12. The number of benzene rings is 1. The summed E-state index contributed by atoms with van der Waals surface area (Å²) in [6.07, 6.45) is 0.381. The SMILES string of the molecule is CN(C(=O)C(C)(C)C(=O)Nc1cccc(C#N)c1)C1CCS(=O)(=O)C1. The first-order valence-electron chi connectivity index (χ1n) is 7.86. The Labute approximate surface area is 147 Å². The van der Waals surface area contributed by atoms with Crippen molar-refractivity contribution < 1.29 is 18.0 Å². The second-order valence-corrected chi connectivity index (χ2v) is 8.97. The molecule has 2 amide bonds. The van der Waals surface area contributed by atoms with Crippen LogP contribution in [0, 0.1) is 16.7 Å². The van der Waals surface area contributed by atoms with E-state index in [9.17, 15) is 18.0 Å². The molecule has 0 radical (unpaired) electrons. The molecule has 1 fully saturated rings. The Kier molecular flexibility index (Phi) is 5.18. The predicted molar refractivity (Wildman–Crippen MR) is 93.4 cm³/mol. The molecule has 0 bridgehead atoms. The molecular weight excluding hydrogens is 342 g/mol. The fourth-order valence-corrected chi connectivity index (χ4v) is 4.51. The molecule has 1 aromatic carbocycles. The summed E-state index contributed by atoms with van der Waals surface area (Å²) in [7, 11) is -1.59. The van der Waals surface area contributed by atoms with Gasteiger partial charge in [0, 0.05) is 18.8 Å². The third-order valence-electron chi connectivity index (χ3n) is 4.43. The van der Waals surface area contributed by atoms with E-state index in [4.69, 9.17) is 5.26 Å². The minimum Gasteiger partial charge on any atom is -0.341 e. The summed E-state index contributed by atoms with van der Waals surface area (Å²) < 4.78 is 23.2. The fourth-order valence-electron chi connectivity index (χ4n) is 2.74. The number of nitrogens with one attached hydrogen (secondary N) is 1. The maximum absolute atomic E-state index is 12.7. The molecule has 0 saturated carbocycles. The molecule has 2 rings (SSSR count). The lowest BCUT2D eigenvalue weighted by molar-refractivity contribution is -0.146. The normalized spacial score (nSPS) is 19.0. The van der Waals surface area contributed by atoms with Gasteiger partial charge in [-0.2, -0.15) is 5.26 Å². The van der Waals surface area contributed by atoms with Crippen molar-refractivity contribution >= 4 is 27.3 Å². The Morgan fingerprint density at radius 2 is 2.04 bits per heavy atom. The summed E-state index contributed by atoms with van der Waals surface area (Å²) in [5, 5.41) is 11.6. The number of nitrogens with zero attached hydrogens (tertiary/aromatic N) is 2. The first kappa shape index (κ1) is 18.9. The predicted octanol–water partition coefficient (Wildman–Crippen LogP) is 1.17. The number of anilines is 1. The summed E-state index contributed by atoms with van der Waals surface area (Å²) in [6, 6.07) is 7.97. The lowest BCUT2D eigenvalue weighted by atomic mass is 9.89. The van der Waals surface area contributed by atoms with E-state index in [0.717, 1.165) is 0 Å². The Morgan fingerprint density at radius 1 is 1.36 bits per heavy atom. The van der Waals surface area contributed by atoms with Crippen LogP contribution in [0.4, 0.5) is 5.69 Å². The number of rotatable bonds is 4. The van der Waals surface area contributed by atoms with E-state index in [1.807, 2.05) is 6.07 Å². The van der Waals surface area contributed by atoms with Crippen molar-refractivity contribution in [2.24, 2.45) is 5.41 Å². The number of hydrogen-bond donors (Lipinski definition) is 1. The number of sulfone groups is 1. The first-order valence-corrected chi connectivity index (χ1v) is 9.68. The van der Waals surface area contributed by atoms with Gasteiger partial charge in [-0.3, -0.25) is 9.59 Å². The highest BCUT2D eigenvalue weighted by Gasteiger charge is 2.42. The van der Waals surface area contributed by atoms with Gasteiger partial charge in [0.2, 0.25) is 11.8 Å². The number of hydrogen-bond acceptors (Lipinski definition) is 5. The topological polar surface area (TPSA) is 107 Å². The molecule has 0 spiro atoms. The fraction of sp³-hybridized carbons (Fsp3) is 0.471. The zero-order valence-corrected chi connectivity index (χ0v) is 15.3. The van der Waals surface area contributed by atoms with Gasteiger partial charge in [0.05, 0.1) is 23.1 Å². The second-order valence-electron chi connectivity index (χ2n) is 6.74. The quantitative estimate of drug-likeness (QED) is 0.808. The van der Waals surface area contributed by atoms with Crippen LogP contribution >= 0.6 is 0 Å². The van der Waals surface area contributed by atoms with Crippen molar-refractivity contribution in [1.29, 1.82) is 5.26 Å². The molecule has 0 aromatic heterocycles. The van der Waals surface area contributed by atoms with Crippen LogP contribution < -0.4 is 5.32 Å². The van der Waals surface area contributed by atoms with Gasteiger partial charge in [0.15, 0.2) is 9.84 Å². The number of nitriles is 1. The van der Waals surface area contributed by atoms with Crippen LogP contribution in [0.15, 0.2) is 24.3 Å². The lowest BCUT2D eigenvalue weighted by Crippen LogP contribution is -2.49. The minimum absolute atomic E-state index is 0.0584. The van der Waals surface area contributed by atoms with Gasteiger partial charge in [-0.15, -0.1) is 0 Å². The van der Waals surface area contributed by atoms with Gasteiger partial charge in [0.1, 0.15) is 5.41 Å². The van der Waals surface area contributed by atoms with Crippen molar-refractivity contribution in [3.8, 4) is 6.07 Å². The zero-order chi connectivity index (χ0) is 18.8. The maximum atomic E-state index is 12.7. The summed E-state index contributed by atoms with van der Waals surface area (Å²) in [6.45, 7) is 3.00. The van der Waals surface area contributed by atoms with Gasteiger partial charge >= 0.3 is 0 Å². The standard InChI is InChI=1S/C17H21N3O4S/c1-17(2,15(21)19-13-6-4-5-12(9-13)10-18)16(22)20(3)14-7-8-25(23,24)11-14/h4-6,9,14H,7-8,11H2,1-3H3,(H,19,21). The molecule has 1 aromatic rings. The van der Waals surface area contributed by atoms with Crippen molar-refractivity contribution in [2.75, 3.05) is 23.9 Å². The van der Waals surface area contributed by atoms with Crippen LogP contribution in [0.5, 0.6) is 0 Å². The van der Waals surface area contributed by atoms with E-state index in [1.165, 1.54) is 31.9 Å². The molecule has 134 valence electrons. The molecule has 1 heterocycles. The number of amides is 2. The van der Waals surface area contributed by atoms with E-state index in [0.29, 0.717) is 17.7 Å². The summed E-state index contributed by atoms with van der Waals surface area (Å²) >= 11 is 0. The minimum atomic E-state index is -3.12. The van der Waals surface area contributed by atoms with Gasteiger partial charge in [-0.25, -0.2) is 8.42 Å². The Hall–Kier alpha value is -2.40. The Morgan fingerprint density at radius 3 is 2.60 bits per heavy atom. The van der Waals surface area contributed by atoms with Crippen LogP contribution in [0.25, 0.3) is 0 Å². The van der Waals surface area contributed by atoms with Crippen molar-refractivity contribution in [2.45, 2.75) is 26.3 Å². The van der Waals surface area contributed by atoms with E-state index >= 15 is 0 Å². The summed E-state index contributed by atoms with van der Waals surface area (Å²) in [4.78, 5) is 26.7. The molecule has 1 unspecified atom stereocenters. The number of carbonyl (C=O) groups excluding carboxylic acids is 2. The maximum Gasteiger partial charge on any atom is 0.239 e. The molecule has 25 heavy (non-hydrogen) atoms. The third-order valence-corrected chi connectivity index (χ3v) is 6.18. The summed E-state index contributed by atoms with van der Waals surface area (Å²) in [5.41, 5.74) is -0.546. The van der Waals surface area contributed by atoms with Crippen molar-refractivity contribution in [1.82, 2.24) is 4.90 Å². The first-order chi connectivity index (χ1) is 11.6. The van der Waals surface area contributed by atoms with Crippen LogP contribution in [-0.2, 0) is 19.4 Å². The average Bonchev–Trinajstić information content (AvgIpc) is 2.93. The van der Waals surface area contributed by atoms with E-state index in [-0.39, 0.29) is 11.5 Å². The highest BCUT2D eigenvalue weighted by atomic mass is 32.2. The molecular formula is C17H21N3O4S. The van der Waals surface area contributed by atoms with Crippen LogP contribution in [0.2, 0.25) is 0 Å². The van der Waals surface area contributed by atoms with Gasteiger partial charge in [-0.05, 0) is 38.5 Å². The smallest absolute Gasteiger partial charge is 0.239 e. The molecule has 7 nitrogen and oxygen atoms in total. The van der Waals surface area contributed by atoms with E-state index < -0.39 is 33.1 Å². The molecule has 0 aliphatic carbocycles.